The van der Waals surface area contributed by atoms with E-state index >= 15 is 0 Å². The van der Waals surface area contributed by atoms with Crippen LogP contribution in [0.5, 0.6) is 5.75 Å². The van der Waals surface area contributed by atoms with Gasteiger partial charge in [0, 0.05) is 16.3 Å². The van der Waals surface area contributed by atoms with E-state index in [-0.39, 0.29) is 15.6 Å². The third-order valence-electron chi connectivity index (χ3n) is 5.98. The van der Waals surface area contributed by atoms with E-state index < -0.39 is 22.5 Å². The summed E-state index contributed by atoms with van der Waals surface area (Å²) in [6.07, 6.45) is 0. The number of carbonyl (C=O) groups is 1. The highest BCUT2D eigenvalue weighted by Crippen LogP contribution is 2.34. The van der Waals surface area contributed by atoms with Crippen molar-refractivity contribution in [3.8, 4) is 16.3 Å². The maximum atomic E-state index is 13.7. The molecule has 0 bridgehead atoms. The minimum Gasteiger partial charge on any atom is -0.495 e. The van der Waals surface area contributed by atoms with E-state index in [4.69, 9.17) is 21.3 Å². The van der Waals surface area contributed by atoms with Gasteiger partial charge in [-0.05, 0) is 79.2 Å². The molecular formula is C29H24ClN3O4S2. The minimum absolute atomic E-state index is 0.0379. The number of aryl methyl sites for hydroxylation is 1. The number of nitrogens with one attached hydrogen (secondary N) is 1. The van der Waals surface area contributed by atoms with Crippen molar-refractivity contribution in [3.05, 3.63) is 102 Å². The number of carbonyl (C=O) groups excluding carboxylic acids is 1. The predicted octanol–water partition coefficient (Wildman–Crippen LogP) is 6.77. The molecule has 1 aromatic heterocycles. The van der Waals surface area contributed by atoms with Crippen LogP contribution < -0.4 is 14.4 Å². The van der Waals surface area contributed by atoms with Crippen molar-refractivity contribution in [2.24, 2.45) is 0 Å². The first-order valence-electron chi connectivity index (χ1n) is 11.9. The standard InChI is InChI=1S/C29H24ClN3O4S2/c1-19-10-15-24-27(16-19)38-29(32-24)20-11-13-22(14-12-20)31-28(34)18-33(25-8-3-4-9-26(25)37-2)39(35,36)23-7-5-6-21(30)17-23/h3-17H,18H2,1-2H3,(H,31,34). The number of aromatic nitrogens is 1. The number of fused-ring (bicyclic) bond motifs is 1. The highest BCUT2D eigenvalue weighted by atomic mass is 35.5. The zero-order valence-corrected chi connectivity index (χ0v) is 23.5. The second kappa shape index (κ2) is 11.1. The molecule has 1 heterocycles. The number of methoxy groups -OCH3 is 1. The van der Waals surface area contributed by atoms with E-state index in [1.807, 2.05) is 31.2 Å². The van der Waals surface area contributed by atoms with Crippen LogP contribution in [0.3, 0.4) is 0 Å². The number of amides is 1. The molecule has 0 aliphatic carbocycles. The lowest BCUT2D eigenvalue weighted by Gasteiger charge is -2.25. The molecule has 5 aromatic rings. The number of benzene rings is 4. The topological polar surface area (TPSA) is 88.6 Å². The monoisotopic (exact) mass is 577 g/mol. The molecule has 0 radical (unpaired) electrons. The van der Waals surface area contributed by atoms with Gasteiger partial charge < -0.3 is 10.1 Å². The number of sulfonamides is 1. The Labute approximate surface area is 235 Å². The van der Waals surface area contributed by atoms with Gasteiger partial charge in [0.2, 0.25) is 5.91 Å². The number of para-hydroxylation sites is 2. The summed E-state index contributed by atoms with van der Waals surface area (Å²) in [5.74, 6) is -0.207. The Kier molecular flexibility index (Phi) is 7.56. The zero-order chi connectivity index (χ0) is 27.6. The first-order chi connectivity index (χ1) is 18.7. The molecule has 0 aliphatic rings. The largest absolute Gasteiger partial charge is 0.495 e. The van der Waals surface area contributed by atoms with Gasteiger partial charge in [0.25, 0.3) is 10.0 Å². The molecule has 0 unspecified atom stereocenters. The fourth-order valence-corrected chi connectivity index (χ4v) is 6.87. The quantitative estimate of drug-likeness (QED) is 0.220. The molecule has 0 aliphatic heterocycles. The minimum atomic E-state index is -4.15. The average Bonchev–Trinajstić information content (AvgIpc) is 3.35. The Morgan fingerprint density at radius 3 is 2.51 bits per heavy atom. The second-order valence-corrected chi connectivity index (χ2v) is 12.1. The SMILES string of the molecule is COc1ccccc1N(CC(=O)Nc1ccc(-c2nc3ccc(C)cc3s2)cc1)S(=O)(=O)c1cccc(Cl)c1. The van der Waals surface area contributed by atoms with Crippen molar-refractivity contribution < 1.29 is 17.9 Å². The normalized spacial score (nSPS) is 11.4. The number of hydrogen-bond acceptors (Lipinski definition) is 6. The van der Waals surface area contributed by atoms with E-state index in [9.17, 15) is 13.2 Å². The van der Waals surface area contributed by atoms with Crippen LogP contribution in [-0.4, -0.2) is 33.0 Å². The Hall–Kier alpha value is -3.92. The summed E-state index contributed by atoms with van der Waals surface area (Å²) in [5, 5.41) is 3.94. The lowest BCUT2D eigenvalue weighted by molar-refractivity contribution is -0.114. The van der Waals surface area contributed by atoms with Gasteiger partial charge in [0.15, 0.2) is 0 Å². The van der Waals surface area contributed by atoms with Crippen molar-refractivity contribution in [1.29, 1.82) is 0 Å². The van der Waals surface area contributed by atoms with Crippen LogP contribution in [-0.2, 0) is 14.8 Å². The van der Waals surface area contributed by atoms with Crippen molar-refractivity contribution in [3.63, 3.8) is 0 Å². The van der Waals surface area contributed by atoms with Gasteiger partial charge in [0.1, 0.15) is 17.3 Å². The summed E-state index contributed by atoms with van der Waals surface area (Å²) >= 11 is 7.67. The van der Waals surface area contributed by atoms with Crippen LogP contribution in [0.15, 0.2) is 95.9 Å². The first-order valence-corrected chi connectivity index (χ1v) is 14.6. The van der Waals surface area contributed by atoms with Crippen molar-refractivity contribution >= 4 is 60.5 Å². The summed E-state index contributed by atoms with van der Waals surface area (Å²) in [5.41, 5.74) is 3.80. The fourth-order valence-electron chi connectivity index (χ4n) is 4.07. The van der Waals surface area contributed by atoms with Gasteiger partial charge in [0.05, 0.1) is 27.9 Å². The fraction of sp³-hybridized carbons (Fsp3) is 0.103. The van der Waals surface area contributed by atoms with Crippen LogP contribution in [0, 0.1) is 6.92 Å². The molecule has 198 valence electrons. The molecule has 0 spiro atoms. The molecule has 0 atom stereocenters. The molecule has 0 fully saturated rings. The predicted molar refractivity (Wildman–Crippen MR) is 157 cm³/mol. The molecule has 10 heteroatoms. The number of halogens is 1. The van der Waals surface area contributed by atoms with Gasteiger partial charge in [-0.3, -0.25) is 9.10 Å². The van der Waals surface area contributed by atoms with E-state index in [0.29, 0.717) is 11.4 Å². The number of thiazole rings is 1. The molecule has 4 aromatic carbocycles. The van der Waals surface area contributed by atoms with Gasteiger partial charge in [-0.15, -0.1) is 11.3 Å². The first kappa shape index (κ1) is 26.7. The average molecular weight is 578 g/mol. The highest BCUT2D eigenvalue weighted by Gasteiger charge is 2.29. The van der Waals surface area contributed by atoms with Crippen LogP contribution in [0.4, 0.5) is 11.4 Å². The maximum Gasteiger partial charge on any atom is 0.264 e. The van der Waals surface area contributed by atoms with E-state index in [1.54, 1.807) is 59.9 Å². The number of rotatable bonds is 8. The van der Waals surface area contributed by atoms with Crippen molar-refractivity contribution in [2.45, 2.75) is 11.8 Å². The summed E-state index contributed by atoms with van der Waals surface area (Å²) in [6.45, 7) is 1.57. The lowest BCUT2D eigenvalue weighted by Crippen LogP contribution is -2.38. The number of hydrogen-bond donors (Lipinski definition) is 1. The number of anilines is 2. The van der Waals surface area contributed by atoms with Crippen LogP contribution in [0.2, 0.25) is 5.02 Å². The third kappa shape index (κ3) is 5.75. The van der Waals surface area contributed by atoms with Gasteiger partial charge in [-0.25, -0.2) is 13.4 Å². The molecule has 1 amide bonds. The van der Waals surface area contributed by atoms with Crippen LogP contribution >= 0.6 is 22.9 Å². The van der Waals surface area contributed by atoms with Gasteiger partial charge in [-0.2, -0.15) is 0 Å². The van der Waals surface area contributed by atoms with Crippen LogP contribution in [0.25, 0.3) is 20.8 Å². The molecule has 0 saturated heterocycles. The molecule has 7 nitrogen and oxygen atoms in total. The molecule has 5 rings (SSSR count). The molecule has 1 N–H and O–H groups in total. The zero-order valence-electron chi connectivity index (χ0n) is 21.1. The Balaban J connectivity index is 1.39. The number of ether oxygens (including phenoxy) is 1. The summed E-state index contributed by atoms with van der Waals surface area (Å²) in [4.78, 5) is 17.8. The lowest BCUT2D eigenvalue weighted by atomic mass is 10.2. The Morgan fingerprint density at radius 2 is 1.77 bits per heavy atom. The van der Waals surface area contributed by atoms with Crippen molar-refractivity contribution in [2.75, 3.05) is 23.3 Å². The molecule has 39 heavy (non-hydrogen) atoms. The Bertz CT molecular complexity index is 1770. The number of nitrogens with zero attached hydrogens (tertiary/aromatic N) is 2. The maximum absolute atomic E-state index is 13.7. The second-order valence-electron chi connectivity index (χ2n) is 8.76. The van der Waals surface area contributed by atoms with Gasteiger partial charge >= 0.3 is 0 Å². The van der Waals surface area contributed by atoms with E-state index in [1.165, 1.54) is 24.8 Å². The molecule has 0 saturated carbocycles. The smallest absolute Gasteiger partial charge is 0.264 e. The third-order valence-corrected chi connectivity index (χ3v) is 9.04. The summed E-state index contributed by atoms with van der Waals surface area (Å²) < 4.78 is 34.9. The van der Waals surface area contributed by atoms with E-state index in [2.05, 4.69) is 11.4 Å². The van der Waals surface area contributed by atoms with Crippen LogP contribution in [0.1, 0.15) is 5.56 Å². The highest BCUT2D eigenvalue weighted by molar-refractivity contribution is 7.92. The van der Waals surface area contributed by atoms with E-state index in [0.717, 1.165) is 25.1 Å². The van der Waals surface area contributed by atoms with Gasteiger partial charge in [-0.1, -0.05) is 35.9 Å². The van der Waals surface area contributed by atoms with Crippen molar-refractivity contribution in [1.82, 2.24) is 4.98 Å². The Morgan fingerprint density at radius 1 is 1.00 bits per heavy atom. The molecular weight excluding hydrogens is 554 g/mol. The summed E-state index contributed by atoms with van der Waals surface area (Å²) in [6, 6.07) is 26.0. The summed E-state index contributed by atoms with van der Waals surface area (Å²) in [7, 11) is -2.71.